The van der Waals surface area contributed by atoms with Gasteiger partial charge < -0.3 is 13.7 Å². The number of fused-ring (bicyclic) bond motifs is 4. The Balaban J connectivity index is 1.17. The average Bonchev–Trinajstić information content (AvgIpc) is 3.63. The van der Waals surface area contributed by atoms with E-state index < -0.39 is 14.3 Å². The molecule has 0 atom stereocenters. The third kappa shape index (κ3) is 6.17. The van der Waals surface area contributed by atoms with Gasteiger partial charge in [0.05, 0.1) is 11.0 Å². The van der Waals surface area contributed by atoms with Crippen LogP contribution >= 0.6 is 26.0 Å². The van der Waals surface area contributed by atoms with E-state index in [0.29, 0.717) is 0 Å². The molecule has 10 rings (SSSR count). The maximum atomic E-state index is 15.6. The predicted molar refractivity (Wildman–Crippen MR) is 248 cm³/mol. The second-order valence-electron chi connectivity index (χ2n) is 14.4. The summed E-state index contributed by atoms with van der Waals surface area (Å²) in [5.74, 6) is 0. The fraction of sp³-hybridized carbons (Fsp3) is 0. The zero-order valence-corrected chi connectivity index (χ0v) is 34.0. The molecular weight excluding hydrogens is 765 g/mol. The highest BCUT2D eigenvalue weighted by molar-refractivity contribution is 7.99. The molecule has 3 nitrogen and oxygen atoms in total. The van der Waals surface area contributed by atoms with Gasteiger partial charge >= 0.3 is 0 Å². The molecule has 1 aromatic heterocycles. The number of hydrogen-bond donors (Lipinski definition) is 0. The summed E-state index contributed by atoms with van der Waals surface area (Å²) < 4.78 is 33.1. The van der Waals surface area contributed by atoms with Gasteiger partial charge in [-0.25, -0.2) is 0 Å². The molecule has 0 aliphatic heterocycles. The van der Waals surface area contributed by atoms with Gasteiger partial charge in [-0.05, 0) is 77.5 Å². The van der Waals surface area contributed by atoms with Crippen LogP contribution in [0.3, 0.4) is 0 Å². The van der Waals surface area contributed by atoms with Crippen LogP contribution in [0.5, 0.6) is 0 Å². The number of aromatic nitrogens is 1. The molecule has 0 bridgehead atoms. The maximum Gasteiger partial charge on any atom is 0.171 e. The molecule has 0 unspecified atom stereocenters. The van der Waals surface area contributed by atoms with Gasteiger partial charge in [-0.2, -0.15) is 0 Å². The zero-order chi connectivity index (χ0) is 39.1. The first-order chi connectivity index (χ1) is 28.5. The van der Waals surface area contributed by atoms with Gasteiger partial charge in [0.1, 0.15) is 0 Å². The maximum absolute atomic E-state index is 15.6. The van der Waals surface area contributed by atoms with Crippen molar-refractivity contribution in [2.24, 2.45) is 0 Å². The van der Waals surface area contributed by atoms with Crippen molar-refractivity contribution in [2.75, 3.05) is 0 Å². The van der Waals surface area contributed by atoms with Crippen molar-refractivity contribution in [1.29, 1.82) is 0 Å². The van der Waals surface area contributed by atoms with Crippen molar-refractivity contribution in [1.82, 2.24) is 4.57 Å². The molecule has 278 valence electrons. The van der Waals surface area contributed by atoms with E-state index in [4.69, 9.17) is 0 Å². The van der Waals surface area contributed by atoms with Crippen molar-refractivity contribution in [3.8, 4) is 5.69 Å². The van der Waals surface area contributed by atoms with Crippen LogP contribution in [-0.4, -0.2) is 4.57 Å². The first kappa shape index (κ1) is 36.2. The van der Waals surface area contributed by atoms with Gasteiger partial charge in [-0.1, -0.05) is 169 Å². The summed E-state index contributed by atoms with van der Waals surface area (Å²) in [7, 11) is -6.40. The number of benzene rings is 9. The van der Waals surface area contributed by atoms with Crippen LogP contribution in [0, 0.1) is 0 Å². The minimum Gasteiger partial charge on any atom is -0.309 e. The predicted octanol–water partition coefficient (Wildman–Crippen LogP) is 11.4. The van der Waals surface area contributed by atoms with Crippen LogP contribution in [0.25, 0.3) is 38.3 Å². The van der Waals surface area contributed by atoms with E-state index in [1.807, 2.05) is 140 Å². The largest absolute Gasteiger partial charge is 0.309 e. The Labute approximate surface area is 342 Å². The minimum absolute atomic E-state index is 0.775. The second-order valence-corrected chi connectivity index (χ2v) is 21.0. The lowest BCUT2D eigenvalue weighted by atomic mass is 10.1. The molecule has 9 aromatic carbocycles. The van der Waals surface area contributed by atoms with Gasteiger partial charge in [-0.15, -0.1) is 0 Å². The molecule has 0 N–H and O–H groups in total. The van der Waals surface area contributed by atoms with Crippen molar-refractivity contribution in [3.05, 3.63) is 224 Å². The molecule has 0 spiro atoms. The Morgan fingerprint density at radius 2 is 0.776 bits per heavy atom. The molecule has 0 radical (unpaired) electrons. The molecular formula is C52H37NO2P2S. The van der Waals surface area contributed by atoms with Gasteiger partial charge in [0, 0.05) is 58.1 Å². The van der Waals surface area contributed by atoms with E-state index >= 15 is 9.13 Å². The Morgan fingerprint density at radius 3 is 1.34 bits per heavy atom. The Bertz CT molecular complexity index is 3090. The van der Waals surface area contributed by atoms with Crippen molar-refractivity contribution >= 4 is 90.5 Å². The SMILES string of the molecule is O=P(c1ccccc1)(c1ccccc1)c1ccc(-n2c3ccc(Sc4cccc5ccccc45)cc3c3cc(P(=O)(c4ccccc4)c4ccccc4)ccc32)cc1. The Hall–Kier alpha value is -6.15. The summed E-state index contributed by atoms with van der Waals surface area (Å²) in [5.41, 5.74) is 2.99. The number of rotatable bonds is 9. The van der Waals surface area contributed by atoms with Crippen LogP contribution in [0.2, 0.25) is 0 Å². The lowest BCUT2D eigenvalue weighted by molar-refractivity contribution is 0.591. The standard InChI is InChI=1S/C52H37NO2P2S/c54-56(40-18-5-1-6-19-40,41-20-7-2-8-21-41)44-30-28-39(29-31-44)53-50-34-32-45(57(55,42-22-9-3-10-23-42)43-24-11-4-12-25-43)36-48(50)49-37-46(33-35-51(49)53)58-52-27-15-17-38-16-13-14-26-47(38)52/h1-37H. The van der Waals surface area contributed by atoms with Crippen molar-refractivity contribution < 1.29 is 9.13 Å². The highest BCUT2D eigenvalue weighted by atomic mass is 32.2. The summed E-state index contributed by atoms with van der Waals surface area (Å²) in [5, 5.41) is 9.27. The Kier molecular flexibility index (Phi) is 9.35. The van der Waals surface area contributed by atoms with Gasteiger partial charge in [-0.3, -0.25) is 0 Å². The average molecular weight is 802 g/mol. The van der Waals surface area contributed by atoms with E-state index in [0.717, 1.165) is 64.2 Å². The molecule has 0 aliphatic carbocycles. The van der Waals surface area contributed by atoms with Crippen molar-refractivity contribution in [3.63, 3.8) is 0 Å². The van der Waals surface area contributed by atoms with Crippen LogP contribution in [0.15, 0.2) is 234 Å². The smallest absolute Gasteiger partial charge is 0.171 e. The first-order valence-electron chi connectivity index (χ1n) is 19.3. The van der Waals surface area contributed by atoms with E-state index in [9.17, 15) is 0 Å². The fourth-order valence-electron chi connectivity index (χ4n) is 8.20. The monoisotopic (exact) mass is 801 g/mol. The lowest BCUT2D eigenvalue weighted by Crippen LogP contribution is -2.25. The summed E-state index contributed by atoms with van der Waals surface area (Å²) in [6, 6.07) is 75.4. The van der Waals surface area contributed by atoms with Crippen molar-refractivity contribution in [2.45, 2.75) is 9.79 Å². The zero-order valence-electron chi connectivity index (χ0n) is 31.4. The molecule has 0 aliphatic rings. The minimum atomic E-state index is -3.24. The Morgan fingerprint density at radius 1 is 0.345 bits per heavy atom. The molecule has 0 saturated carbocycles. The summed E-state index contributed by atoms with van der Waals surface area (Å²) in [6.45, 7) is 0. The topological polar surface area (TPSA) is 39.1 Å². The van der Waals surface area contributed by atoms with Crippen LogP contribution in [-0.2, 0) is 9.13 Å². The highest BCUT2D eigenvalue weighted by Crippen LogP contribution is 2.46. The molecule has 0 saturated heterocycles. The number of hydrogen-bond acceptors (Lipinski definition) is 3. The summed E-state index contributed by atoms with van der Waals surface area (Å²) >= 11 is 1.75. The van der Waals surface area contributed by atoms with Crippen LogP contribution in [0.1, 0.15) is 0 Å². The molecule has 0 fully saturated rings. The van der Waals surface area contributed by atoms with Gasteiger partial charge in [0.15, 0.2) is 14.3 Å². The third-order valence-electron chi connectivity index (χ3n) is 11.0. The third-order valence-corrected chi connectivity index (χ3v) is 18.2. The van der Waals surface area contributed by atoms with Gasteiger partial charge in [0.2, 0.25) is 0 Å². The van der Waals surface area contributed by atoms with E-state index in [1.165, 1.54) is 15.7 Å². The molecule has 10 aromatic rings. The highest BCUT2D eigenvalue weighted by Gasteiger charge is 2.32. The first-order valence-corrected chi connectivity index (χ1v) is 23.5. The normalized spacial score (nSPS) is 12.0. The van der Waals surface area contributed by atoms with Gasteiger partial charge in [0.25, 0.3) is 0 Å². The van der Waals surface area contributed by atoms with E-state index in [-0.39, 0.29) is 0 Å². The lowest BCUT2D eigenvalue weighted by Gasteiger charge is -2.21. The van der Waals surface area contributed by atoms with E-state index in [2.05, 4.69) is 89.5 Å². The molecule has 1 heterocycles. The van der Waals surface area contributed by atoms with Crippen LogP contribution < -0.4 is 31.8 Å². The molecule has 6 heteroatoms. The second kappa shape index (κ2) is 15.0. The van der Waals surface area contributed by atoms with Crippen LogP contribution in [0.4, 0.5) is 0 Å². The summed E-state index contributed by atoms with van der Waals surface area (Å²) in [4.78, 5) is 2.31. The quantitative estimate of drug-likeness (QED) is 0.137. The molecule has 0 amide bonds. The molecule has 58 heavy (non-hydrogen) atoms. The van der Waals surface area contributed by atoms with E-state index in [1.54, 1.807) is 11.8 Å². The fourth-order valence-corrected chi connectivity index (χ4v) is 14.5. The summed E-state index contributed by atoms with van der Waals surface area (Å²) in [6.07, 6.45) is 0. The number of nitrogens with zero attached hydrogens (tertiary/aromatic N) is 1.